The number of aromatic carboxylic acids is 1. The highest BCUT2D eigenvalue weighted by atomic mass is 32.2. The third kappa shape index (κ3) is 3.16. The maximum Gasteiger partial charge on any atom is 0.335 e. The Morgan fingerprint density at radius 3 is 2.55 bits per heavy atom. The van der Waals surface area contributed by atoms with Crippen LogP contribution in [0.5, 0.6) is 0 Å². The molecule has 2 N–H and O–H groups in total. The average molecular weight is 297 g/mol. The molecule has 0 atom stereocenters. The Morgan fingerprint density at radius 2 is 2.00 bits per heavy atom. The van der Waals surface area contributed by atoms with Gasteiger partial charge in [-0.25, -0.2) is 13.2 Å². The number of carbonyl (C=O) groups excluding carboxylic acids is 1. The van der Waals surface area contributed by atoms with Gasteiger partial charge in [-0.15, -0.1) is 0 Å². The SMILES string of the molecule is Cc1c(C(=O)O)cccc1S(=O)(=O)CC(=O)NC1CC1. The third-order valence-electron chi connectivity index (χ3n) is 3.11. The summed E-state index contributed by atoms with van der Waals surface area (Å²) < 4.78 is 24.4. The van der Waals surface area contributed by atoms with Gasteiger partial charge < -0.3 is 10.4 Å². The number of nitrogens with one attached hydrogen (secondary N) is 1. The predicted molar refractivity (Wildman–Crippen MR) is 71.4 cm³/mol. The van der Waals surface area contributed by atoms with E-state index in [4.69, 9.17) is 5.11 Å². The number of carboxylic acid groups (broad SMARTS) is 1. The van der Waals surface area contributed by atoms with E-state index < -0.39 is 27.5 Å². The van der Waals surface area contributed by atoms with Crippen molar-refractivity contribution in [3.05, 3.63) is 29.3 Å². The molecule has 108 valence electrons. The number of benzene rings is 1. The van der Waals surface area contributed by atoms with E-state index in [1.54, 1.807) is 0 Å². The highest BCUT2D eigenvalue weighted by Gasteiger charge is 2.28. The second kappa shape index (κ2) is 5.24. The molecule has 7 heteroatoms. The molecule has 1 amide bonds. The Bertz CT molecular complexity index is 661. The molecule has 1 aliphatic carbocycles. The van der Waals surface area contributed by atoms with Crippen molar-refractivity contribution in [2.45, 2.75) is 30.7 Å². The van der Waals surface area contributed by atoms with Crippen LogP contribution in [0.15, 0.2) is 23.1 Å². The maximum absolute atomic E-state index is 12.2. The Kier molecular flexibility index (Phi) is 3.80. The number of sulfone groups is 1. The molecule has 0 bridgehead atoms. The van der Waals surface area contributed by atoms with Gasteiger partial charge in [0.1, 0.15) is 5.75 Å². The minimum Gasteiger partial charge on any atom is -0.478 e. The Hall–Kier alpha value is -1.89. The number of hydrogen-bond donors (Lipinski definition) is 2. The number of rotatable bonds is 5. The van der Waals surface area contributed by atoms with Gasteiger partial charge in [-0.2, -0.15) is 0 Å². The standard InChI is InChI=1S/C13H15NO5S/c1-8-10(13(16)17)3-2-4-11(8)20(18,19)7-12(15)14-9-5-6-9/h2-4,9H,5-7H2,1H3,(H,14,15)(H,16,17). The minimum atomic E-state index is -3.84. The zero-order valence-corrected chi connectivity index (χ0v) is 11.7. The third-order valence-corrected chi connectivity index (χ3v) is 4.87. The van der Waals surface area contributed by atoms with Crippen molar-refractivity contribution < 1.29 is 23.1 Å². The summed E-state index contributed by atoms with van der Waals surface area (Å²) in [6.45, 7) is 1.43. The van der Waals surface area contributed by atoms with Gasteiger partial charge in [0.15, 0.2) is 9.84 Å². The largest absolute Gasteiger partial charge is 0.478 e. The monoisotopic (exact) mass is 297 g/mol. The van der Waals surface area contributed by atoms with Crippen molar-refractivity contribution >= 4 is 21.7 Å². The van der Waals surface area contributed by atoms with Crippen molar-refractivity contribution in [2.24, 2.45) is 0 Å². The predicted octanol–water partition coefficient (Wildman–Crippen LogP) is 0.746. The molecular formula is C13H15NO5S. The van der Waals surface area contributed by atoms with Crippen LogP contribution >= 0.6 is 0 Å². The molecule has 1 aromatic carbocycles. The normalized spacial score (nSPS) is 14.8. The fraction of sp³-hybridized carbons (Fsp3) is 0.385. The molecule has 0 aromatic heterocycles. The summed E-state index contributed by atoms with van der Waals surface area (Å²) in [6.07, 6.45) is 1.75. The van der Waals surface area contributed by atoms with Gasteiger partial charge in [-0.3, -0.25) is 4.79 Å². The van der Waals surface area contributed by atoms with E-state index in [0.29, 0.717) is 0 Å². The summed E-state index contributed by atoms with van der Waals surface area (Å²) in [5.41, 5.74) is 0.0768. The van der Waals surface area contributed by atoms with E-state index in [0.717, 1.165) is 12.8 Å². The molecule has 20 heavy (non-hydrogen) atoms. The lowest BCUT2D eigenvalue weighted by molar-refractivity contribution is -0.118. The summed E-state index contributed by atoms with van der Waals surface area (Å²) in [4.78, 5) is 22.5. The Labute approximate surface area is 116 Å². The first-order chi connectivity index (χ1) is 9.31. The van der Waals surface area contributed by atoms with E-state index >= 15 is 0 Å². The van der Waals surface area contributed by atoms with Crippen LogP contribution in [0.3, 0.4) is 0 Å². The Morgan fingerprint density at radius 1 is 1.35 bits per heavy atom. The summed E-state index contributed by atoms with van der Waals surface area (Å²) in [5, 5.41) is 11.6. The highest BCUT2D eigenvalue weighted by Crippen LogP contribution is 2.21. The number of carboxylic acids is 1. The first-order valence-corrected chi connectivity index (χ1v) is 7.81. The van der Waals surface area contributed by atoms with E-state index in [1.807, 2.05) is 0 Å². The zero-order chi connectivity index (χ0) is 14.9. The molecule has 1 saturated carbocycles. The molecule has 0 aliphatic heterocycles. The zero-order valence-electron chi connectivity index (χ0n) is 10.9. The molecule has 6 nitrogen and oxygen atoms in total. The van der Waals surface area contributed by atoms with Crippen LogP contribution < -0.4 is 5.32 Å². The van der Waals surface area contributed by atoms with Gasteiger partial charge in [0.2, 0.25) is 5.91 Å². The first-order valence-electron chi connectivity index (χ1n) is 6.16. The lowest BCUT2D eigenvalue weighted by atomic mass is 10.1. The summed E-state index contributed by atoms with van der Waals surface area (Å²) in [6, 6.07) is 4.11. The van der Waals surface area contributed by atoms with Crippen LogP contribution in [0.4, 0.5) is 0 Å². The lowest BCUT2D eigenvalue weighted by Crippen LogP contribution is -2.32. The second-order valence-corrected chi connectivity index (χ2v) is 6.79. The first kappa shape index (κ1) is 14.5. The number of amides is 1. The van der Waals surface area contributed by atoms with Gasteiger partial charge in [-0.05, 0) is 37.5 Å². The summed E-state index contributed by atoms with van der Waals surface area (Å²) in [5.74, 6) is -2.40. The smallest absolute Gasteiger partial charge is 0.335 e. The lowest BCUT2D eigenvalue weighted by Gasteiger charge is -2.10. The van der Waals surface area contributed by atoms with Crippen molar-refractivity contribution in [3.63, 3.8) is 0 Å². The van der Waals surface area contributed by atoms with Crippen LogP contribution in [0.1, 0.15) is 28.8 Å². The van der Waals surface area contributed by atoms with Gasteiger partial charge >= 0.3 is 5.97 Å². The van der Waals surface area contributed by atoms with Gasteiger partial charge in [0.05, 0.1) is 10.5 Å². The molecule has 1 aromatic rings. The molecule has 2 rings (SSSR count). The number of carbonyl (C=O) groups is 2. The van der Waals surface area contributed by atoms with Crippen LogP contribution in [0, 0.1) is 6.92 Å². The van der Waals surface area contributed by atoms with E-state index in [1.165, 1.54) is 25.1 Å². The highest BCUT2D eigenvalue weighted by molar-refractivity contribution is 7.92. The molecule has 1 fully saturated rings. The van der Waals surface area contributed by atoms with Gasteiger partial charge in [0, 0.05) is 6.04 Å². The van der Waals surface area contributed by atoms with Gasteiger partial charge in [-0.1, -0.05) is 6.07 Å². The minimum absolute atomic E-state index is 0.0753. The topological polar surface area (TPSA) is 101 Å². The quantitative estimate of drug-likeness (QED) is 0.835. The summed E-state index contributed by atoms with van der Waals surface area (Å²) in [7, 11) is -3.84. The van der Waals surface area contributed by atoms with Crippen molar-refractivity contribution in [2.75, 3.05) is 5.75 Å². The van der Waals surface area contributed by atoms with Gasteiger partial charge in [0.25, 0.3) is 0 Å². The fourth-order valence-corrected chi connectivity index (χ4v) is 3.38. The second-order valence-electron chi connectivity index (χ2n) is 4.83. The summed E-state index contributed by atoms with van der Waals surface area (Å²) >= 11 is 0. The molecule has 0 radical (unpaired) electrons. The Balaban J connectivity index is 2.26. The van der Waals surface area contributed by atoms with Crippen molar-refractivity contribution in [3.8, 4) is 0 Å². The average Bonchev–Trinajstić information content (AvgIpc) is 3.11. The van der Waals surface area contributed by atoms with E-state index in [2.05, 4.69) is 5.32 Å². The molecule has 0 spiro atoms. The van der Waals surface area contributed by atoms with Crippen LogP contribution in [-0.4, -0.2) is 37.2 Å². The molecule has 0 unspecified atom stereocenters. The van der Waals surface area contributed by atoms with Crippen LogP contribution in [0.25, 0.3) is 0 Å². The van der Waals surface area contributed by atoms with Crippen LogP contribution in [-0.2, 0) is 14.6 Å². The maximum atomic E-state index is 12.2. The number of hydrogen-bond acceptors (Lipinski definition) is 4. The van der Waals surface area contributed by atoms with E-state index in [9.17, 15) is 18.0 Å². The molecular weight excluding hydrogens is 282 g/mol. The van der Waals surface area contributed by atoms with Crippen molar-refractivity contribution in [1.29, 1.82) is 0 Å². The van der Waals surface area contributed by atoms with E-state index in [-0.39, 0.29) is 22.1 Å². The van der Waals surface area contributed by atoms with Crippen molar-refractivity contribution in [1.82, 2.24) is 5.32 Å². The molecule has 0 saturated heterocycles. The molecule has 1 aliphatic rings. The van der Waals surface area contributed by atoms with Crippen LogP contribution in [0.2, 0.25) is 0 Å². The fourth-order valence-electron chi connectivity index (χ4n) is 1.93. The molecule has 0 heterocycles.